The number of nitrogens with one attached hydrogen (secondary N) is 1. The molecule has 2 aliphatic rings. The van der Waals surface area contributed by atoms with E-state index in [9.17, 15) is 42.4 Å². The molecule has 404 valence electrons. The van der Waals surface area contributed by atoms with Crippen LogP contribution in [0.15, 0.2) is 79.1 Å². The Morgan fingerprint density at radius 2 is 1.08 bits per heavy atom. The summed E-state index contributed by atoms with van der Waals surface area (Å²) in [6.45, 7) is 3.08. The number of aliphatic hydroxyl groups excluding tert-OH is 4. The van der Waals surface area contributed by atoms with Crippen molar-refractivity contribution < 1.29 is 56.6 Å². The molecule has 4 aromatic carbocycles. The molecule has 19 heteroatoms. The molecule has 4 heterocycles. The van der Waals surface area contributed by atoms with Gasteiger partial charge in [-0.05, 0) is 136 Å². The van der Waals surface area contributed by atoms with Crippen LogP contribution in [0.25, 0.3) is 21.8 Å². The second-order valence-corrected chi connectivity index (χ2v) is 20.1. The number of aliphatic hydroxyl groups is 4. The number of pyridine rings is 2. The number of halogens is 5. The molecule has 0 radical (unpaired) electrons. The normalized spacial score (nSPS) is 17.7. The molecule has 9 N–H and O–H groups in total. The van der Waals surface area contributed by atoms with Crippen molar-refractivity contribution in [2.24, 2.45) is 22.3 Å². The van der Waals surface area contributed by atoms with Crippen molar-refractivity contribution in [2.75, 3.05) is 72.0 Å². The van der Waals surface area contributed by atoms with Crippen molar-refractivity contribution >= 4 is 27.5 Å². The lowest BCUT2D eigenvalue weighted by atomic mass is 9.61. The summed E-state index contributed by atoms with van der Waals surface area (Å²) in [6, 6.07) is 15.2. The number of rotatable bonds is 23. The number of ether oxygens (including phenoxy) is 3. The summed E-state index contributed by atoms with van der Waals surface area (Å²) < 4.78 is 87.3. The Bertz CT molecular complexity index is 2870. The zero-order valence-electron chi connectivity index (χ0n) is 42.4. The zero-order valence-corrected chi connectivity index (χ0v) is 42.4. The average molecular weight is 1050 g/mol. The van der Waals surface area contributed by atoms with Crippen LogP contribution in [0.3, 0.4) is 0 Å². The number of piperidine rings is 2. The summed E-state index contributed by atoms with van der Waals surface area (Å²) in [5, 5.41) is 54.7. The molecule has 2 saturated heterocycles. The van der Waals surface area contributed by atoms with E-state index in [0.29, 0.717) is 127 Å². The third-order valence-electron chi connectivity index (χ3n) is 15.8. The molecular weight excluding hydrogens is 978 g/mol. The minimum Gasteiger partial charge on any atom is -0.497 e. The first-order valence-electron chi connectivity index (χ1n) is 25.5. The molecule has 4 atom stereocenters. The van der Waals surface area contributed by atoms with Gasteiger partial charge in [-0.2, -0.15) is 0 Å². The molecule has 8 rings (SSSR count). The van der Waals surface area contributed by atoms with Gasteiger partial charge in [0.2, 0.25) is 0 Å². The fraction of sp³-hybridized carbons (Fsp3) is 0.464. The van der Waals surface area contributed by atoms with Gasteiger partial charge in [0, 0.05) is 97.1 Å². The van der Waals surface area contributed by atoms with Gasteiger partial charge < -0.3 is 56.3 Å². The van der Waals surface area contributed by atoms with Crippen LogP contribution >= 0.6 is 0 Å². The van der Waals surface area contributed by atoms with Gasteiger partial charge in [-0.25, -0.2) is 22.0 Å². The third-order valence-corrected chi connectivity index (χ3v) is 15.8. The van der Waals surface area contributed by atoms with Gasteiger partial charge in [0.25, 0.3) is 0 Å². The number of hydrogen-bond acceptors (Lipinski definition) is 14. The first kappa shape index (κ1) is 55.5. The highest BCUT2D eigenvalue weighted by molar-refractivity contribution is 5.86. The predicted molar refractivity (Wildman–Crippen MR) is 276 cm³/mol. The second-order valence-electron chi connectivity index (χ2n) is 20.1. The van der Waals surface area contributed by atoms with Crippen molar-refractivity contribution in [3.63, 3.8) is 0 Å². The van der Waals surface area contributed by atoms with Crippen molar-refractivity contribution in [1.29, 1.82) is 0 Å². The van der Waals surface area contributed by atoms with Crippen LogP contribution in [0.5, 0.6) is 17.2 Å². The Labute approximate surface area is 433 Å². The van der Waals surface area contributed by atoms with E-state index in [-0.39, 0.29) is 63.4 Å². The number of anilines is 1. The summed E-state index contributed by atoms with van der Waals surface area (Å²) in [6.07, 6.45) is 1.01. The fourth-order valence-corrected chi connectivity index (χ4v) is 11.4. The average Bonchev–Trinajstić information content (AvgIpc) is 3.42. The molecule has 6 aromatic rings. The van der Waals surface area contributed by atoms with Gasteiger partial charge in [-0.15, -0.1) is 0 Å². The molecule has 2 fully saturated rings. The minimum atomic E-state index is -1.34. The molecule has 2 aromatic heterocycles. The number of nitrogens with two attached hydrogens (primary N) is 2. The highest BCUT2D eigenvalue weighted by atomic mass is 19.2. The van der Waals surface area contributed by atoms with Crippen molar-refractivity contribution in [3.05, 3.63) is 130 Å². The maximum atomic E-state index is 14.6. The molecule has 75 heavy (non-hydrogen) atoms. The number of nitrogens with zero attached hydrogens (tertiary/aromatic N) is 4. The highest BCUT2D eigenvalue weighted by Gasteiger charge is 2.51. The molecule has 0 spiro atoms. The van der Waals surface area contributed by atoms with Crippen molar-refractivity contribution in [1.82, 2.24) is 19.8 Å². The summed E-state index contributed by atoms with van der Waals surface area (Å²) in [7, 11) is 3.11. The maximum absolute atomic E-state index is 14.6. The van der Waals surface area contributed by atoms with Gasteiger partial charge in [0.1, 0.15) is 41.3 Å². The topological polar surface area (TPSA) is 205 Å². The summed E-state index contributed by atoms with van der Waals surface area (Å²) >= 11 is 0. The number of benzene rings is 4. The van der Waals surface area contributed by atoms with E-state index in [2.05, 4.69) is 25.1 Å². The smallest absolute Gasteiger partial charge is 0.182 e. The van der Waals surface area contributed by atoms with Crippen molar-refractivity contribution in [3.8, 4) is 17.2 Å². The van der Waals surface area contributed by atoms with Crippen LogP contribution in [0.1, 0.15) is 85.8 Å². The first-order valence-corrected chi connectivity index (χ1v) is 25.5. The zero-order chi connectivity index (χ0) is 53.4. The molecule has 2 unspecified atom stereocenters. The Balaban J connectivity index is 1.08. The van der Waals surface area contributed by atoms with Crippen LogP contribution in [0.2, 0.25) is 0 Å². The Morgan fingerprint density at radius 1 is 0.613 bits per heavy atom. The van der Waals surface area contributed by atoms with E-state index in [1.807, 2.05) is 18.2 Å². The lowest BCUT2D eigenvalue weighted by Gasteiger charge is -2.52. The van der Waals surface area contributed by atoms with Gasteiger partial charge in [-0.3, -0.25) is 14.9 Å². The second kappa shape index (κ2) is 24.5. The van der Waals surface area contributed by atoms with Gasteiger partial charge in [-0.1, -0.05) is 0 Å². The van der Waals surface area contributed by atoms with E-state index in [1.54, 1.807) is 44.8 Å². The molecule has 14 nitrogen and oxygen atoms in total. The molecule has 2 aliphatic heterocycles. The van der Waals surface area contributed by atoms with Crippen LogP contribution in [0.4, 0.5) is 27.6 Å². The molecule has 0 aliphatic carbocycles. The minimum absolute atomic E-state index is 0.0641. The number of fused-ring (bicyclic) bond motifs is 2. The van der Waals surface area contributed by atoms with Crippen molar-refractivity contribution in [2.45, 2.75) is 88.9 Å². The molecule has 0 saturated carbocycles. The summed E-state index contributed by atoms with van der Waals surface area (Å²) in [5.41, 5.74) is 14.0. The number of aromatic nitrogens is 2. The van der Waals surface area contributed by atoms with E-state index in [1.165, 1.54) is 0 Å². The standard InChI is InChI=1S/C56H68F5N7O7/c1-73-39-3-5-45-42(28-39)50(34(30-62)32-65-45)48(69)7-9-55(11-16-67(17-12-55)20-15-64-47-27-38(59)26-44(60)52(47)61)53(71)54(72)56(13-18-68(19-14-56)21-22-75-41-24-36(57)23-37(58)25-41)10-8-49(70)51-35(31-63)33-66-46-6-4-40(74-2)29-43(46)51/h3-6,23-29,32-33,48-49,53-54,64,69-72H,7-22,30-31,62-63H2,1-2H3/t48-,49-,53?,54?/m0/s1. The molecular formula is C56H68F5N7O7. The van der Waals surface area contributed by atoms with E-state index < -0.39 is 64.3 Å². The van der Waals surface area contributed by atoms with E-state index >= 15 is 0 Å². The van der Waals surface area contributed by atoms with Gasteiger partial charge in [0.05, 0.1) is 55.4 Å². The number of hydrogen-bond donors (Lipinski definition) is 7. The van der Waals surface area contributed by atoms with Crippen LogP contribution < -0.4 is 31.0 Å². The van der Waals surface area contributed by atoms with Crippen LogP contribution in [-0.2, 0) is 13.1 Å². The molecule has 0 amide bonds. The maximum Gasteiger partial charge on any atom is 0.182 e. The highest BCUT2D eigenvalue weighted by Crippen LogP contribution is 2.50. The SMILES string of the molecule is COc1ccc2ncc(CN)c([C@@H](O)CCC3(C(O)C(O)C4(CC[C@H](O)c5c(CN)cnc6ccc(OC)cc56)CCN(CCOc5cc(F)cc(F)c5)CC4)CCN(CCNc4cc(F)cc(F)c4F)CC3)c2c1. The summed E-state index contributed by atoms with van der Waals surface area (Å²) in [4.78, 5) is 13.4. The van der Waals surface area contributed by atoms with Gasteiger partial charge >= 0.3 is 0 Å². The van der Waals surface area contributed by atoms with E-state index in [4.69, 9.17) is 25.7 Å². The van der Waals surface area contributed by atoms with E-state index in [0.717, 1.165) is 24.3 Å². The molecule has 0 bridgehead atoms. The lowest BCUT2D eigenvalue weighted by molar-refractivity contribution is -0.156. The lowest BCUT2D eigenvalue weighted by Crippen LogP contribution is -2.57. The van der Waals surface area contributed by atoms with Crippen LogP contribution in [-0.4, -0.2) is 119 Å². The monoisotopic (exact) mass is 1050 g/mol. The number of methoxy groups -OCH3 is 2. The Morgan fingerprint density at radius 3 is 1.55 bits per heavy atom. The quantitative estimate of drug-likeness (QED) is 0.0242. The first-order chi connectivity index (χ1) is 36.1. The Hall–Kier alpha value is -5.77. The van der Waals surface area contributed by atoms with Gasteiger partial charge in [0.15, 0.2) is 11.6 Å². The predicted octanol–water partition coefficient (Wildman–Crippen LogP) is 7.82. The fourth-order valence-electron chi connectivity index (χ4n) is 11.4. The van der Waals surface area contributed by atoms with Crippen LogP contribution in [0, 0.1) is 39.9 Å². The largest absolute Gasteiger partial charge is 0.497 e. The summed E-state index contributed by atoms with van der Waals surface area (Å²) in [5.74, 6) is -3.69. The number of likely N-dealkylation sites (tertiary alicyclic amines) is 2. The third kappa shape index (κ3) is 12.6. The Kier molecular flexibility index (Phi) is 18.1.